The van der Waals surface area contributed by atoms with Gasteiger partial charge in [-0.25, -0.2) is 0 Å². The van der Waals surface area contributed by atoms with E-state index in [4.69, 9.17) is 0 Å². The summed E-state index contributed by atoms with van der Waals surface area (Å²) < 4.78 is 0. The van der Waals surface area contributed by atoms with Crippen LogP contribution >= 0.6 is 0 Å². The zero-order chi connectivity index (χ0) is 43.7. The van der Waals surface area contributed by atoms with Gasteiger partial charge in [-0.05, 0) is 168 Å². The Morgan fingerprint density at radius 3 is 2.36 bits per heavy atom. The molecule has 4 aromatic carbocycles. The van der Waals surface area contributed by atoms with E-state index in [1.54, 1.807) is 5.57 Å². The fraction of sp³-hybridized carbons (Fsp3) is 0.222. The largest absolute Gasteiger partial charge is 0.364 e. The predicted molar refractivity (Wildman–Crippen MR) is 272 cm³/mol. The fourth-order valence-corrected chi connectivity index (χ4v) is 11.6. The SMILES string of the molecule is CC1C(N/C=C\C(=C/c2ccc(C3=C=CC=C3)cc2)c2ccc3c(c2)C2(C4=C3CC=C4)C3=C(C=CC3)c3ccc(C4=CC=C(C(C)C(C)C(C)(C)C)C4)cc32)=CC=C1c1ccccc1. The van der Waals surface area contributed by atoms with Crippen LogP contribution in [-0.2, 0) is 5.41 Å². The number of allylic oxidation sites excluding steroid dienone is 20. The molecule has 314 valence electrons. The molecule has 0 aromatic heterocycles. The van der Waals surface area contributed by atoms with Crippen LogP contribution in [-0.4, -0.2) is 0 Å². The standard InChI is InChI=1S/C63H57N/c1-40(42(3)62(4,5)6)47-26-27-48(37-47)49-28-30-55-53-18-12-20-57(53)63(59(55)38-49)58-21-13-19-54(58)56-31-29-50(39-60(56)63)51(36-43-22-24-45(25-23-43)44-14-10-11-15-44)34-35-64-61-33-32-52(41(61)2)46-16-8-7-9-17-46/h7-14,16-18,21-36,38-42,64H,19-20,37H2,1-6H3/b35-34-,51-36+. The maximum atomic E-state index is 3.72. The highest BCUT2D eigenvalue weighted by atomic mass is 14.9. The quantitative estimate of drug-likeness (QED) is 0.0954. The van der Waals surface area contributed by atoms with E-state index in [0.29, 0.717) is 11.8 Å². The van der Waals surface area contributed by atoms with Gasteiger partial charge in [0.1, 0.15) is 0 Å². The summed E-state index contributed by atoms with van der Waals surface area (Å²) in [5.41, 5.74) is 28.9. The van der Waals surface area contributed by atoms with Crippen LogP contribution in [0.1, 0.15) is 111 Å². The van der Waals surface area contributed by atoms with Crippen LogP contribution in [0.15, 0.2) is 198 Å². The van der Waals surface area contributed by atoms with Gasteiger partial charge in [-0.15, -0.1) is 5.73 Å². The number of rotatable bonds is 10. The highest BCUT2D eigenvalue weighted by Gasteiger charge is 2.54. The molecule has 0 bridgehead atoms. The van der Waals surface area contributed by atoms with E-state index in [9.17, 15) is 0 Å². The number of fused-ring (bicyclic) bond motifs is 8. The number of hydrogen-bond acceptors (Lipinski definition) is 1. The predicted octanol–water partition coefficient (Wildman–Crippen LogP) is 15.8. The normalized spacial score (nSPS) is 22.3. The minimum absolute atomic E-state index is 0.266. The molecule has 0 fully saturated rings. The molecule has 1 N–H and O–H groups in total. The van der Waals surface area contributed by atoms with Crippen LogP contribution in [0.2, 0.25) is 0 Å². The van der Waals surface area contributed by atoms with E-state index >= 15 is 0 Å². The molecular formula is C63H57N. The fourth-order valence-electron chi connectivity index (χ4n) is 11.6. The second-order valence-corrected chi connectivity index (χ2v) is 19.9. The van der Waals surface area contributed by atoms with Crippen molar-refractivity contribution in [2.45, 2.75) is 66.2 Å². The summed E-state index contributed by atoms with van der Waals surface area (Å²) >= 11 is 0. The average Bonchev–Trinajstić information content (AvgIpc) is 4.17. The van der Waals surface area contributed by atoms with Gasteiger partial charge in [0.2, 0.25) is 0 Å². The third-order valence-corrected chi connectivity index (χ3v) is 15.6. The van der Waals surface area contributed by atoms with Gasteiger partial charge in [0.15, 0.2) is 0 Å². The molecular weight excluding hydrogens is 771 g/mol. The molecule has 64 heavy (non-hydrogen) atoms. The molecule has 1 nitrogen and oxygen atoms in total. The lowest BCUT2D eigenvalue weighted by Crippen LogP contribution is -2.28. The van der Waals surface area contributed by atoms with Crippen LogP contribution < -0.4 is 5.32 Å². The Morgan fingerprint density at radius 1 is 0.781 bits per heavy atom. The van der Waals surface area contributed by atoms with Crippen molar-refractivity contribution in [3.8, 4) is 0 Å². The molecule has 0 aliphatic heterocycles. The van der Waals surface area contributed by atoms with Gasteiger partial charge < -0.3 is 5.32 Å². The molecule has 4 unspecified atom stereocenters. The zero-order valence-electron chi connectivity index (χ0n) is 38.1. The van der Waals surface area contributed by atoms with E-state index in [1.807, 2.05) is 6.08 Å². The van der Waals surface area contributed by atoms with E-state index in [1.165, 1.54) is 94.8 Å². The molecule has 0 saturated heterocycles. The Hall–Kier alpha value is -6.66. The first-order valence-electron chi connectivity index (χ1n) is 23.5. The summed E-state index contributed by atoms with van der Waals surface area (Å²) in [6, 6.07) is 34.4. The minimum atomic E-state index is -0.324. The molecule has 7 aliphatic rings. The van der Waals surface area contributed by atoms with Crippen molar-refractivity contribution in [3.63, 3.8) is 0 Å². The van der Waals surface area contributed by atoms with Gasteiger partial charge in [0, 0.05) is 23.4 Å². The third kappa shape index (κ3) is 6.52. The average molecular weight is 828 g/mol. The molecule has 1 spiro atoms. The molecule has 11 rings (SSSR count). The zero-order valence-corrected chi connectivity index (χ0v) is 38.1. The maximum absolute atomic E-state index is 3.72. The minimum Gasteiger partial charge on any atom is -0.364 e. The third-order valence-electron chi connectivity index (χ3n) is 15.6. The monoisotopic (exact) mass is 827 g/mol. The van der Waals surface area contributed by atoms with Crippen molar-refractivity contribution < 1.29 is 0 Å². The summed E-state index contributed by atoms with van der Waals surface area (Å²) in [5, 5.41) is 3.72. The Morgan fingerprint density at radius 2 is 1.56 bits per heavy atom. The smallest absolute Gasteiger partial charge is 0.0688 e. The first-order chi connectivity index (χ1) is 31.1. The summed E-state index contributed by atoms with van der Waals surface area (Å²) in [6.45, 7) is 14.3. The van der Waals surface area contributed by atoms with Crippen molar-refractivity contribution in [2.75, 3.05) is 0 Å². The van der Waals surface area contributed by atoms with Crippen LogP contribution in [0.4, 0.5) is 0 Å². The van der Waals surface area contributed by atoms with Gasteiger partial charge in [-0.2, -0.15) is 0 Å². The van der Waals surface area contributed by atoms with Crippen LogP contribution in [0.25, 0.3) is 39.5 Å². The molecule has 0 saturated carbocycles. The van der Waals surface area contributed by atoms with Crippen molar-refractivity contribution in [2.24, 2.45) is 23.2 Å². The summed E-state index contributed by atoms with van der Waals surface area (Å²) in [7, 11) is 0. The lowest BCUT2D eigenvalue weighted by atomic mass is 9.67. The highest BCUT2D eigenvalue weighted by Crippen LogP contribution is 2.65. The van der Waals surface area contributed by atoms with Crippen molar-refractivity contribution in [3.05, 3.63) is 248 Å². The Balaban J connectivity index is 0.979. The van der Waals surface area contributed by atoms with Crippen LogP contribution in [0, 0.1) is 23.2 Å². The molecule has 4 atom stereocenters. The van der Waals surface area contributed by atoms with E-state index in [2.05, 4.69) is 223 Å². The van der Waals surface area contributed by atoms with Gasteiger partial charge in [-0.3, -0.25) is 0 Å². The first kappa shape index (κ1) is 40.1. The lowest BCUT2D eigenvalue weighted by Gasteiger charge is -2.34. The molecule has 0 amide bonds. The van der Waals surface area contributed by atoms with Crippen LogP contribution in [0.5, 0.6) is 0 Å². The number of nitrogens with one attached hydrogen (secondary N) is 1. The van der Waals surface area contributed by atoms with Gasteiger partial charge in [-0.1, -0.05) is 175 Å². The molecule has 7 aliphatic carbocycles. The highest BCUT2D eigenvalue weighted by molar-refractivity contribution is 6.01. The van der Waals surface area contributed by atoms with Gasteiger partial charge in [0.05, 0.1) is 5.41 Å². The molecule has 4 aromatic rings. The Bertz CT molecular complexity index is 3060. The van der Waals surface area contributed by atoms with Gasteiger partial charge in [0.25, 0.3) is 0 Å². The van der Waals surface area contributed by atoms with Crippen LogP contribution in [0.3, 0.4) is 0 Å². The van der Waals surface area contributed by atoms with E-state index in [0.717, 1.165) is 24.8 Å². The maximum Gasteiger partial charge on any atom is 0.0688 e. The summed E-state index contributed by atoms with van der Waals surface area (Å²) in [6.07, 6.45) is 34.9. The van der Waals surface area contributed by atoms with Crippen molar-refractivity contribution in [1.82, 2.24) is 5.32 Å². The van der Waals surface area contributed by atoms with Crippen molar-refractivity contribution in [1.29, 1.82) is 0 Å². The van der Waals surface area contributed by atoms with Crippen molar-refractivity contribution >= 4 is 39.5 Å². The summed E-state index contributed by atoms with van der Waals surface area (Å²) in [4.78, 5) is 0. The second kappa shape index (κ2) is 15.5. The second-order valence-electron chi connectivity index (χ2n) is 19.9. The van der Waals surface area contributed by atoms with Gasteiger partial charge >= 0.3 is 0 Å². The lowest BCUT2D eigenvalue weighted by molar-refractivity contribution is 0.207. The van der Waals surface area contributed by atoms with E-state index < -0.39 is 0 Å². The molecule has 1 heteroatoms. The Kier molecular flexibility index (Phi) is 9.75. The topological polar surface area (TPSA) is 12.0 Å². The summed E-state index contributed by atoms with van der Waals surface area (Å²) in [5.74, 6) is 1.40. The van der Waals surface area contributed by atoms with E-state index in [-0.39, 0.29) is 16.7 Å². The molecule has 0 radical (unpaired) electrons. The number of hydrogen-bond donors (Lipinski definition) is 1. The first-order valence-corrected chi connectivity index (χ1v) is 23.5. The Labute approximate surface area is 380 Å². The molecule has 0 heterocycles. The number of benzene rings is 4.